The molecule has 3 aromatic rings. The summed E-state index contributed by atoms with van der Waals surface area (Å²) < 4.78 is 5.17. The molecular formula is C21H15ClN2O5S. The number of aliphatic hydroxyl groups excluding tert-OH is 1. The van der Waals surface area contributed by atoms with Crippen molar-refractivity contribution >= 4 is 45.5 Å². The summed E-state index contributed by atoms with van der Waals surface area (Å²) >= 11 is 7.11. The fraction of sp³-hybridized carbons (Fsp3) is 0.0952. The number of aromatic nitrogens is 1. The lowest BCUT2D eigenvalue weighted by Crippen LogP contribution is -2.29. The number of carbonyl (C=O) groups excluding carboxylic acids is 2. The molecule has 7 nitrogen and oxygen atoms in total. The van der Waals surface area contributed by atoms with E-state index in [-0.39, 0.29) is 22.8 Å². The number of phenolic OH excluding ortho intramolecular Hbond substituents is 1. The molecule has 1 fully saturated rings. The number of methoxy groups -OCH3 is 1. The van der Waals surface area contributed by atoms with Gasteiger partial charge in [-0.2, -0.15) is 0 Å². The number of carbonyl (C=O) groups is 2. The summed E-state index contributed by atoms with van der Waals surface area (Å²) in [6.45, 7) is 0. The van der Waals surface area contributed by atoms with Crippen molar-refractivity contribution in [2.75, 3.05) is 12.0 Å². The van der Waals surface area contributed by atoms with E-state index in [1.165, 1.54) is 41.7 Å². The van der Waals surface area contributed by atoms with E-state index in [1.807, 2.05) is 0 Å². The molecule has 1 aromatic heterocycles. The summed E-state index contributed by atoms with van der Waals surface area (Å²) in [5.41, 5.74) is 0.715. The van der Waals surface area contributed by atoms with Gasteiger partial charge in [-0.1, -0.05) is 17.7 Å². The number of ketones is 1. The van der Waals surface area contributed by atoms with Crippen LogP contribution >= 0.6 is 22.9 Å². The smallest absolute Gasteiger partial charge is 0.301 e. The first-order chi connectivity index (χ1) is 14.4. The van der Waals surface area contributed by atoms with Crippen molar-refractivity contribution in [1.82, 2.24) is 4.98 Å². The number of phenols is 1. The monoisotopic (exact) mass is 442 g/mol. The maximum Gasteiger partial charge on any atom is 0.301 e. The molecule has 1 aliphatic rings. The maximum absolute atomic E-state index is 13.0. The fourth-order valence-electron chi connectivity index (χ4n) is 3.31. The number of amides is 1. The average molecular weight is 443 g/mol. The predicted octanol–water partition coefficient (Wildman–Crippen LogP) is 4.14. The van der Waals surface area contributed by atoms with Gasteiger partial charge in [0.15, 0.2) is 16.6 Å². The van der Waals surface area contributed by atoms with Gasteiger partial charge in [0.1, 0.15) is 5.76 Å². The molecule has 152 valence electrons. The van der Waals surface area contributed by atoms with Gasteiger partial charge in [-0.25, -0.2) is 4.98 Å². The number of anilines is 1. The van der Waals surface area contributed by atoms with E-state index < -0.39 is 17.7 Å². The minimum Gasteiger partial charge on any atom is -0.507 e. The lowest BCUT2D eigenvalue weighted by atomic mass is 9.95. The van der Waals surface area contributed by atoms with E-state index >= 15 is 0 Å². The van der Waals surface area contributed by atoms with Crippen LogP contribution in [-0.4, -0.2) is 34.0 Å². The zero-order valence-electron chi connectivity index (χ0n) is 15.6. The Hall–Kier alpha value is -3.36. The average Bonchev–Trinajstić information content (AvgIpc) is 3.35. The molecule has 30 heavy (non-hydrogen) atoms. The number of hydrogen-bond donors (Lipinski definition) is 2. The van der Waals surface area contributed by atoms with Crippen LogP contribution in [0.5, 0.6) is 11.5 Å². The summed E-state index contributed by atoms with van der Waals surface area (Å²) in [5.74, 6) is -1.90. The van der Waals surface area contributed by atoms with Gasteiger partial charge in [-0.05, 0) is 42.0 Å². The van der Waals surface area contributed by atoms with Crippen molar-refractivity contribution in [2.24, 2.45) is 0 Å². The first-order valence-corrected chi connectivity index (χ1v) is 10.0. The van der Waals surface area contributed by atoms with E-state index in [9.17, 15) is 19.8 Å². The third kappa shape index (κ3) is 3.30. The Kier molecular flexibility index (Phi) is 5.19. The van der Waals surface area contributed by atoms with Gasteiger partial charge in [0.05, 0.1) is 18.7 Å². The Balaban J connectivity index is 1.95. The standard InChI is InChI=1S/C21H15ClN2O5S/c1-29-15-10-12(4-7-14(15)25)17-16(18(26)11-2-5-13(22)6-3-11)19(27)20(28)24(17)21-23-8-9-30-21/h2-10,17,25-26H,1H3/b18-16-. The molecule has 1 aliphatic heterocycles. The number of benzene rings is 2. The lowest BCUT2D eigenvalue weighted by Gasteiger charge is -2.23. The molecule has 0 spiro atoms. The summed E-state index contributed by atoms with van der Waals surface area (Å²) in [4.78, 5) is 31.3. The minimum atomic E-state index is -0.957. The molecule has 0 radical (unpaired) electrons. The zero-order valence-corrected chi connectivity index (χ0v) is 17.1. The lowest BCUT2D eigenvalue weighted by molar-refractivity contribution is -0.132. The highest BCUT2D eigenvalue weighted by molar-refractivity contribution is 7.14. The molecule has 1 saturated heterocycles. The summed E-state index contributed by atoms with van der Waals surface area (Å²) in [6.07, 6.45) is 1.52. The van der Waals surface area contributed by atoms with Crippen molar-refractivity contribution in [3.05, 3.63) is 75.8 Å². The van der Waals surface area contributed by atoms with Gasteiger partial charge in [-0.15, -0.1) is 11.3 Å². The highest BCUT2D eigenvalue weighted by Gasteiger charge is 2.48. The van der Waals surface area contributed by atoms with E-state index in [0.717, 1.165) is 0 Å². The molecule has 2 N–H and O–H groups in total. The molecule has 1 atom stereocenters. The predicted molar refractivity (Wildman–Crippen MR) is 113 cm³/mol. The van der Waals surface area contributed by atoms with E-state index in [1.54, 1.807) is 35.7 Å². The molecule has 4 rings (SSSR count). The largest absolute Gasteiger partial charge is 0.507 e. The number of ether oxygens (including phenoxy) is 1. The molecule has 0 saturated carbocycles. The van der Waals surface area contributed by atoms with Crippen LogP contribution in [0.15, 0.2) is 59.6 Å². The summed E-state index contributed by atoms with van der Waals surface area (Å²) in [7, 11) is 1.39. The number of hydrogen-bond acceptors (Lipinski definition) is 7. The number of aromatic hydroxyl groups is 1. The molecule has 2 aromatic carbocycles. The first kappa shape index (κ1) is 19.9. The van der Waals surface area contributed by atoms with E-state index in [4.69, 9.17) is 16.3 Å². The van der Waals surface area contributed by atoms with Crippen LogP contribution in [0.3, 0.4) is 0 Å². The van der Waals surface area contributed by atoms with E-state index in [2.05, 4.69) is 4.98 Å². The highest BCUT2D eigenvalue weighted by atomic mass is 35.5. The maximum atomic E-state index is 13.0. The third-order valence-electron chi connectivity index (χ3n) is 4.71. The Bertz CT molecular complexity index is 1160. The van der Waals surface area contributed by atoms with Gasteiger partial charge < -0.3 is 14.9 Å². The molecule has 1 amide bonds. The zero-order chi connectivity index (χ0) is 21.4. The van der Waals surface area contributed by atoms with Gasteiger partial charge in [0.25, 0.3) is 5.78 Å². The van der Waals surface area contributed by atoms with Gasteiger partial charge in [0, 0.05) is 22.2 Å². The Morgan fingerprint density at radius 1 is 1.20 bits per heavy atom. The van der Waals surface area contributed by atoms with Crippen LogP contribution in [0.2, 0.25) is 5.02 Å². The number of rotatable bonds is 4. The Labute approximate surface area is 180 Å². The van der Waals surface area contributed by atoms with Gasteiger partial charge in [-0.3, -0.25) is 14.5 Å². The number of Topliss-reactive ketones (excluding diaryl/α,β-unsaturated/α-hetero) is 1. The van der Waals surface area contributed by atoms with Crippen LogP contribution in [0, 0.1) is 0 Å². The van der Waals surface area contributed by atoms with Crippen molar-refractivity contribution in [3.8, 4) is 11.5 Å². The Morgan fingerprint density at radius 2 is 1.93 bits per heavy atom. The fourth-order valence-corrected chi connectivity index (χ4v) is 4.10. The third-order valence-corrected chi connectivity index (χ3v) is 5.73. The van der Waals surface area contributed by atoms with Crippen molar-refractivity contribution < 1.29 is 24.5 Å². The highest BCUT2D eigenvalue weighted by Crippen LogP contribution is 2.44. The molecule has 1 unspecified atom stereocenters. The van der Waals surface area contributed by atoms with E-state index in [0.29, 0.717) is 21.3 Å². The number of halogens is 1. The molecule has 0 aliphatic carbocycles. The van der Waals surface area contributed by atoms with Crippen molar-refractivity contribution in [1.29, 1.82) is 0 Å². The normalized spacial score (nSPS) is 18.1. The second kappa shape index (κ2) is 7.81. The van der Waals surface area contributed by atoms with Crippen LogP contribution < -0.4 is 9.64 Å². The Morgan fingerprint density at radius 3 is 2.57 bits per heavy atom. The van der Waals surface area contributed by atoms with Crippen LogP contribution in [0.25, 0.3) is 5.76 Å². The topological polar surface area (TPSA) is 100.0 Å². The van der Waals surface area contributed by atoms with Crippen LogP contribution in [-0.2, 0) is 9.59 Å². The van der Waals surface area contributed by atoms with Crippen LogP contribution in [0.4, 0.5) is 5.13 Å². The number of nitrogens with zero attached hydrogens (tertiary/aromatic N) is 2. The van der Waals surface area contributed by atoms with Gasteiger partial charge >= 0.3 is 5.91 Å². The summed E-state index contributed by atoms with van der Waals surface area (Å²) in [5, 5.41) is 23.4. The number of aliphatic hydroxyl groups is 1. The van der Waals surface area contributed by atoms with Crippen molar-refractivity contribution in [3.63, 3.8) is 0 Å². The first-order valence-electron chi connectivity index (χ1n) is 8.75. The second-order valence-electron chi connectivity index (χ2n) is 6.42. The second-order valence-corrected chi connectivity index (χ2v) is 7.73. The minimum absolute atomic E-state index is 0.0923. The molecular weight excluding hydrogens is 428 g/mol. The SMILES string of the molecule is COc1cc(C2/C(=C(/O)c3ccc(Cl)cc3)C(=O)C(=O)N2c2nccs2)ccc1O. The molecule has 0 bridgehead atoms. The van der Waals surface area contributed by atoms with Crippen molar-refractivity contribution in [2.45, 2.75) is 6.04 Å². The van der Waals surface area contributed by atoms with Gasteiger partial charge in [0.2, 0.25) is 0 Å². The molecule has 2 heterocycles. The summed E-state index contributed by atoms with van der Waals surface area (Å²) in [6, 6.07) is 9.79. The van der Waals surface area contributed by atoms with Crippen LogP contribution in [0.1, 0.15) is 17.2 Å². The number of thiazole rings is 1. The quantitative estimate of drug-likeness (QED) is 0.358. The molecule has 9 heteroatoms.